The number of hydrogen-bond donors (Lipinski definition) is 0. The van der Waals surface area contributed by atoms with Gasteiger partial charge < -0.3 is 0 Å². The molecule has 0 aliphatic rings. The molecule has 0 spiro atoms. The first-order valence-electron chi connectivity index (χ1n) is 7.49. The zero-order valence-corrected chi connectivity index (χ0v) is 13.4. The number of benzene rings is 2. The Hall–Kier alpha value is -2.43. The minimum absolute atomic E-state index is 0.0299. The van der Waals surface area contributed by atoms with Gasteiger partial charge in [-0.2, -0.15) is 13.2 Å². The Bertz CT molecular complexity index is 776. The van der Waals surface area contributed by atoms with Crippen molar-refractivity contribution in [2.75, 3.05) is 0 Å². The van der Waals surface area contributed by atoms with Crippen LogP contribution < -0.4 is 0 Å². The maximum Gasteiger partial charge on any atom is 0.416 e. The Kier molecular flexibility index (Phi) is 5.22. The predicted octanol–water partition coefficient (Wildman–Crippen LogP) is 5.17. The number of rotatable bonds is 5. The molecule has 0 saturated carbocycles. The van der Waals surface area contributed by atoms with Crippen LogP contribution in [0.25, 0.3) is 0 Å². The Morgan fingerprint density at radius 2 is 1.42 bits per heavy atom. The van der Waals surface area contributed by atoms with Gasteiger partial charge >= 0.3 is 6.18 Å². The van der Waals surface area contributed by atoms with E-state index in [0.717, 1.165) is 23.3 Å². The molecule has 5 heteroatoms. The summed E-state index contributed by atoms with van der Waals surface area (Å²) >= 11 is 0. The van der Waals surface area contributed by atoms with E-state index in [2.05, 4.69) is 0 Å². The summed E-state index contributed by atoms with van der Waals surface area (Å²) in [6.07, 6.45) is -4.64. The molecule has 0 amide bonds. The molecule has 0 fully saturated rings. The van der Waals surface area contributed by atoms with E-state index in [1.165, 1.54) is 12.1 Å². The van der Waals surface area contributed by atoms with Gasteiger partial charge in [-0.3, -0.25) is 9.59 Å². The molecular formula is C19H17F3O2. The maximum absolute atomic E-state index is 12.7. The van der Waals surface area contributed by atoms with Crippen molar-refractivity contribution in [2.45, 2.75) is 32.9 Å². The average molecular weight is 334 g/mol. The minimum atomic E-state index is -4.49. The van der Waals surface area contributed by atoms with Crippen LogP contribution in [0.2, 0.25) is 0 Å². The van der Waals surface area contributed by atoms with Gasteiger partial charge in [0, 0.05) is 24.0 Å². The number of alkyl halides is 3. The summed E-state index contributed by atoms with van der Waals surface area (Å²) in [6, 6.07) is 9.54. The molecular weight excluding hydrogens is 317 g/mol. The molecule has 0 atom stereocenters. The largest absolute Gasteiger partial charge is 0.416 e. The molecule has 0 radical (unpaired) electrons. The first-order chi connectivity index (χ1) is 11.2. The van der Waals surface area contributed by atoms with Gasteiger partial charge in [0.25, 0.3) is 0 Å². The second-order valence-corrected chi connectivity index (χ2v) is 5.72. The third-order valence-electron chi connectivity index (χ3n) is 3.92. The van der Waals surface area contributed by atoms with Crippen molar-refractivity contribution in [3.8, 4) is 0 Å². The molecule has 24 heavy (non-hydrogen) atoms. The third-order valence-corrected chi connectivity index (χ3v) is 3.92. The zero-order valence-electron chi connectivity index (χ0n) is 13.4. The summed E-state index contributed by atoms with van der Waals surface area (Å²) in [4.78, 5) is 24.2. The highest BCUT2D eigenvalue weighted by molar-refractivity contribution is 6.02. The van der Waals surface area contributed by atoms with Gasteiger partial charge in [-0.15, -0.1) is 0 Å². The molecule has 0 N–H and O–H groups in total. The van der Waals surface area contributed by atoms with Gasteiger partial charge in [0.05, 0.1) is 5.56 Å². The summed E-state index contributed by atoms with van der Waals surface area (Å²) < 4.78 is 38.0. The summed E-state index contributed by atoms with van der Waals surface area (Å²) in [5.41, 5.74) is 1.65. The van der Waals surface area contributed by atoms with Crippen LogP contribution in [0.4, 0.5) is 13.2 Å². The predicted molar refractivity (Wildman–Crippen MR) is 85.3 cm³/mol. The second-order valence-electron chi connectivity index (χ2n) is 5.72. The molecule has 0 aliphatic heterocycles. The van der Waals surface area contributed by atoms with E-state index in [-0.39, 0.29) is 24.2 Å². The summed E-state index contributed by atoms with van der Waals surface area (Å²) in [6.45, 7) is 3.82. The van der Waals surface area contributed by atoms with E-state index in [0.29, 0.717) is 5.56 Å². The van der Waals surface area contributed by atoms with Crippen LogP contribution >= 0.6 is 0 Å². The second kappa shape index (κ2) is 6.99. The Labute approximate surface area is 138 Å². The quantitative estimate of drug-likeness (QED) is 0.707. The summed E-state index contributed by atoms with van der Waals surface area (Å²) in [5.74, 6) is -0.670. The van der Waals surface area contributed by atoms with Crippen molar-refractivity contribution < 1.29 is 22.8 Å². The van der Waals surface area contributed by atoms with Crippen LogP contribution in [0.5, 0.6) is 0 Å². The van der Waals surface area contributed by atoms with Crippen molar-refractivity contribution >= 4 is 11.6 Å². The van der Waals surface area contributed by atoms with E-state index in [1.54, 1.807) is 12.1 Å². The minimum Gasteiger partial charge on any atom is -0.294 e. The van der Waals surface area contributed by atoms with Gasteiger partial charge in [0.15, 0.2) is 11.6 Å². The highest BCUT2D eigenvalue weighted by atomic mass is 19.4. The Morgan fingerprint density at radius 3 is 1.96 bits per heavy atom. The normalized spacial score (nSPS) is 11.4. The molecule has 0 heterocycles. The monoisotopic (exact) mass is 334 g/mol. The van der Waals surface area contributed by atoms with E-state index in [1.807, 2.05) is 19.9 Å². The van der Waals surface area contributed by atoms with Crippen LogP contribution in [-0.4, -0.2) is 11.6 Å². The lowest BCUT2D eigenvalue weighted by atomic mass is 9.98. The fraction of sp³-hybridized carbons (Fsp3) is 0.263. The maximum atomic E-state index is 12.7. The van der Waals surface area contributed by atoms with Gasteiger partial charge in [-0.25, -0.2) is 0 Å². The smallest absolute Gasteiger partial charge is 0.294 e. The van der Waals surface area contributed by atoms with Crippen molar-refractivity contribution in [2.24, 2.45) is 0 Å². The fourth-order valence-electron chi connectivity index (χ4n) is 2.30. The van der Waals surface area contributed by atoms with E-state index >= 15 is 0 Å². The van der Waals surface area contributed by atoms with Crippen molar-refractivity contribution in [1.29, 1.82) is 0 Å². The first kappa shape index (κ1) is 17.9. The standard InChI is InChI=1S/C19H17F3O2/c1-12-6-7-15(10-13(12)2)18(24)9-8-17(23)14-4-3-5-16(11-14)19(20,21)22/h3-7,10-11H,8-9H2,1-2H3. The van der Waals surface area contributed by atoms with Gasteiger partial charge in [-0.1, -0.05) is 24.3 Å². The van der Waals surface area contributed by atoms with E-state index < -0.39 is 17.5 Å². The number of ketones is 2. The summed E-state index contributed by atoms with van der Waals surface area (Å²) in [5, 5.41) is 0. The van der Waals surface area contributed by atoms with Crippen LogP contribution in [0.1, 0.15) is 50.2 Å². The van der Waals surface area contributed by atoms with E-state index in [4.69, 9.17) is 0 Å². The van der Waals surface area contributed by atoms with Crippen LogP contribution in [0.15, 0.2) is 42.5 Å². The van der Waals surface area contributed by atoms with Gasteiger partial charge in [0.1, 0.15) is 0 Å². The number of carbonyl (C=O) groups excluding carboxylic acids is 2. The Morgan fingerprint density at radius 1 is 0.833 bits per heavy atom. The average Bonchev–Trinajstić information content (AvgIpc) is 2.54. The lowest BCUT2D eigenvalue weighted by Crippen LogP contribution is -2.09. The molecule has 2 aromatic rings. The van der Waals surface area contributed by atoms with Gasteiger partial charge in [-0.05, 0) is 43.2 Å². The molecule has 0 unspecified atom stereocenters. The fourth-order valence-corrected chi connectivity index (χ4v) is 2.30. The zero-order chi connectivity index (χ0) is 17.9. The number of Topliss-reactive ketones (excluding diaryl/α,β-unsaturated/α-hetero) is 2. The molecule has 0 aliphatic carbocycles. The molecule has 0 aromatic heterocycles. The molecule has 126 valence electrons. The Balaban J connectivity index is 2.05. The van der Waals surface area contributed by atoms with Crippen molar-refractivity contribution in [3.63, 3.8) is 0 Å². The lowest BCUT2D eigenvalue weighted by molar-refractivity contribution is -0.137. The van der Waals surface area contributed by atoms with Crippen molar-refractivity contribution in [1.82, 2.24) is 0 Å². The molecule has 2 rings (SSSR count). The molecule has 2 aromatic carbocycles. The topological polar surface area (TPSA) is 34.1 Å². The van der Waals surface area contributed by atoms with Crippen LogP contribution in [-0.2, 0) is 6.18 Å². The van der Waals surface area contributed by atoms with E-state index in [9.17, 15) is 22.8 Å². The first-order valence-corrected chi connectivity index (χ1v) is 7.49. The van der Waals surface area contributed by atoms with Crippen molar-refractivity contribution in [3.05, 3.63) is 70.3 Å². The number of halogens is 3. The lowest BCUT2D eigenvalue weighted by Gasteiger charge is -2.08. The molecule has 0 saturated heterocycles. The van der Waals surface area contributed by atoms with Crippen LogP contribution in [0.3, 0.4) is 0 Å². The number of carbonyl (C=O) groups is 2. The highest BCUT2D eigenvalue weighted by Gasteiger charge is 2.30. The van der Waals surface area contributed by atoms with Crippen LogP contribution in [0, 0.1) is 13.8 Å². The highest BCUT2D eigenvalue weighted by Crippen LogP contribution is 2.29. The SMILES string of the molecule is Cc1ccc(C(=O)CCC(=O)c2cccc(C(F)(F)F)c2)cc1C. The molecule has 0 bridgehead atoms. The van der Waals surface area contributed by atoms with Gasteiger partial charge in [0.2, 0.25) is 0 Å². The molecule has 2 nitrogen and oxygen atoms in total. The number of hydrogen-bond acceptors (Lipinski definition) is 2. The third kappa shape index (κ3) is 4.31. The number of aryl methyl sites for hydroxylation is 2. The summed E-state index contributed by atoms with van der Waals surface area (Å²) in [7, 11) is 0.